The first-order valence-electron chi connectivity index (χ1n) is 12.4. The van der Waals surface area contributed by atoms with Gasteiger partial charge in [0, 0.05) is 38.6 Å². The third kappa shape index (κ3) is 14.6. The van der Waals surface area contributed by atoms with E-state index < -0.39 is 42.3 Å². The number of alkyl halides is 9. The molecule has 1 spiro atoms. The lowest BCUT2D eigenvalue weighted by molar-refractivity contribution is -0.193. The van der Waals surface area contributed by atoms with Gasteiger partial charge >= 0.3 is 36.4 Å². The molecule has 0 bridgehead atoms. The first-order valence-corrected chi connectivity index (χ1v) is 12.4. The molecule has 0 unspecified atom stereocenters. The minimum absolute atomic E-state index is 0.151. The van der Waals surface area contributed by atoms with Crippen molar-refractivity contribution in [1.82, 2.24) is 19.9 Å². The van der Waals surface area contributed by atoms with Crippen molar-refractivity contribution < 1.29 is 78.3 Å². The Morgan fingerprint density at radius 2 is 1.26 bits per heavy atom. The monoisotopic (exact) mass is 685 g/mol. The zero-order chi connectivity index (χ0) is 35.3. The predicted octanol–water partition coefficient (Wildman–Crippen LogP) is 3.78. The molecular formula is C24H25F10N5O7. The quantitative estimate of drug-likeness (QED) is 0.401. The number of likely N-dealkylation sites (tertiary alicyclic amines) is 1. The number of aromatic nitrogens is 3. The molecule has 2 saturated heterocycles. The molecule has 0 saturated carbocycles. The van der Waals surface area contributed by atoms with Crippen LogP contribution in [0.3, 0.4) is 0 Å². The second kappa shape index (κ2) is 16.8. The lowest BCUT2D eigenvalue weighted by Crippen LogP contribution is -2.57. The van der Waals surface area contributed by atoms with E-state index in [2.05, 4.69) is 30.8 Å². The van der Waals surface area contributed by atoms with Gasteiger partial charge in [-0.05, 0) is 24.5 Å². The molecule has 46 heavy (non-hydrogen) atoms. The molecule has 22 heteroatoms. The first-order chi connectivity index (χ1) is 21.1. The van der Waals surface area contributed by atoms with Crippen molar-refractivity contribution >= 4 is 23.9 Å². The molecule has 12 nitrogen and oxygen atoms in total. The Hall–Kier alpha value is -4.34. The second-order valence-corrected chi connectivity index (χ2v) is 9.20. The Bertz CT molecular complexity index is 1200. The number of morpholine rings is 1. The largest absolute Gasteiger partial charge is 0.490 e. The predicted molar refractivity (Wildman–Crippen MR) is 133 cm³/mol. The maximum absolute atomic E-state index is 13.0. The van der Waals surface area contributed by atoms with Crippen LogP contribution in [0, 0.1) is 5.82 Å². The number of halogens is 10. The molecule has 2 aromatic heterocycles. The topological polar surface area (TPSA) is 166 Å². The Labute approximate surface area is 252 Å². The SMILES string of the molecule is Fc1cnc(N2CCOC3(CCN(Cc4cccnc4)CC3)C2)nc1.O=C(O)C(F)(F)F.O=C(O)C(F)(F)F.O=C(O)C(F)(F)F. The van der Waals surface area contributed by atoms with E-state index in [9.17, 15) is 43.9 Å². The molecule has 4 heterocycles. The number of pyridine rings is 1. The third-order valence-electron chi connectivity index (χ3n) is 5.76. The average molecular weight is 685 g/mol. The van der Waals surface area contributed by atoms with E-state index in [0.717, 1.165) is 45.6 Å². The molecule has 0 aliphatic carbocycles. The Morgan fingerprint density at radius 1 is 0.804 bits per heavy atom. The Balaban J connectivity index is 0.000000413. The summed E-state index contributed by atoms with van der Waals surface area (Å²) in [6.45, 7) is 5.07. The standard InChI is InChI=1S/C18H22FN5O.3C2HF3O2/c19-16-11-21-17(22-12-16)24-8-9-25-18(14-24)3-6-23(7-4-18)13-15-2-1-5-20-10-15;3*3-2(4,5)1(6)7/h1-2,5,10-12H,3-4,6-9,13-14H2;3*(H,6,7). The van der Waals surface area contributed by atoms with Crippen LogP contribution >= 0.6 is 0 Å². The molecule has 4 rings (SSSR count). The highest BCUT2D eigenvalue weighted by Crippen LogP contribution is 2.31. The van der Waals surface area contributed by atoms with E-state index in [1.165, 1.54) is 18.0 Å². The fourth-order valence-corrected chi connectivity index (χ4v) is 3.66. The van der Waals surface area contributed by atoms with Crippen LogP contribution in [0.15, 0.2) is 36.9 Å². The number of rotatable bonds is 3. The number of hydrogen-bond donors (Lipinski definition) is 3. The van der Waals surface area contributed by atoms with Crippen LogP contribution in [0.1, 0.15) is 18.4 Å². The van der Waals surface area contributed by atoms with Crippen molar-refractivity contribution in [2.45, 2.75) is 43.5 Å². The summed E-state index contributed by atoms with van der Waals surface area (Å²) in [5.41, 5.74) is 1.09. The summed E-state index contributed by atoms with van der Waals surface area (Å²) in [6.07, 6.45) is -7.12. The van der Waals surface area contributed by atoms with Crippen molar-refractivity contribution in [2.75, 3.05) is 37.7 Å². The number of piperidine rings is 1. The summed E-state index contributed by atoms with van der Waals surface area (Å²) in [5.74, 6) is -8.09. The van der Waals surface area contributed by atoms with E-state index in [0.29, 0.717) is 12.6 Å². The number of aliphatic carboxylic acids is 3. The molecular weight excluding hydrogens is 660 g/mol. The van der Waals surface area contributed by atoms with Crippen molar-refractivity contribution in [3.05, 3.63) is 48.3 Å². The molecule has 0 atom stereocenters. The van der Waals surface area contributed by atoms with Crippen molar-refractivity contribution in [3.63, 3.8) is 0 Å². The number of hydrogen-bond acceptors (Lipinski definition) is 9. The smallest absolute Gasteiger partial charge is 0.475 e. The van der Waals surface area contributed by atoms with E-state index in [4.69, 9.17) is 34.4 Å². The minimum Gasteiger partial charge on any atom is -0.475 e. The van der Waals surface area contributed by atoms with Gasteiger partial charge in [0.2, 0.25) is 5.95 Å². The fourth-order valence-electron chi connectivity index (χ4n) is 3.66. The van der Waals surface area contributed by atoms with Crippen LogP contribution in [-0.2, 0) is 25.7 Å². The number of carboxylic acid groups (broad SMARTS) is 3. The third-order valence-corrected chi connectivity index (χ3v) is 5.76. The second-order valence-electron chi connectivity index (χ2n) is 9.20. The van der Waals surface area contributed by atoms with Gasteiger partial charge in [0.1, 0.15) is 0 Å². The summed E-state index contributed by atoms with van der Waals surface area (Å²) in [7, 11) is 0. The maximum atomic E-state index is 13.0. The molecule has 2 aliphatic heterocycles. The molecule has 2 aromatic rings. The molecule has 0 amide bonds. The highest BCUT2D eigenvalue weighted by molar-refractivity contribution is 5.73. The number of nitrogens with zero attached hydrogens (tertiary/aromatic N) is 5. The lowest BCUT2D eigenvalue weighted by atomic mass is 9.89. The number of ether oxygens (including phenoxy) is 1. The van der Waals surface area contributed by atoms with Crippen LogP contribution in [0.25, 0.3) is 0 Å². The van der Waals surface area contributed by atoms with Gasteiger partial charge in [0.15, 0.2) is 5.82 Å². The molecule has 258 valence electrons. The summed E-state index contributed by atoms with van der Waals surface area (Å²) in [6, 6.07) is 4.09. The lowest BCUT2D eigenvalue weighted by Gasteiger charge is -2.47. The van der Waals surface area contributed by atoms with Gasteiger partial charge in [0.05, 0.1) is 31.1 Å². The van der Waals surface area contributed by atoms with Gasteiger partial charge in [-0.15, -0.1) is 0 Å². The van der Waals surface area contributed by atoms with Gasteiger partial charge < -0.3 is 25.0 Å². The van der Waals surface area contributed by atoms with Gasteiger partial charge in [-0.1, -0.05) is 6.07 Å². The van der Waals surface area contributed by atoms with E-state index in [-0.39, 0.29) is 5.60 Å². The molecule has 2 aliphatic rings. The van der Waals surface area contributed by atoms with Crippen molar-refractivity contribution in [3.8, 4) is 0 Å². The van der Waals surface area contributed by atoms with Gasteiger partial charge in [-0.25, -0.2) is 28.7 Å². The normalized spacial score (nSPS) is 16.4. The zero-order valence-corrected chi connectivity index (χ0v) is 23.1. The summed E-state index contributed by atoms with van der Waals surface area (Å²) < 4.78 is 114. The number of carbonyl (C=O) groups is 3. The van der Waals surface area contributed by atoms with Crippen LogP contribution in [-0.4, -0.2) is 110 Å². The highest BCUT2D eigenvalue weighted by atomic mass is 19.4. The molecule has 2 fully saturated rings. The number of anilines is 1. The van der Waals surface area contributed by atoms with E-state index in [1.807, 2.05) is 12.3 Å². The maximum Gasteiger partial charge on any atom is 0.490 e. The van der Waals surface area contributed by atoms with Crippen LogP contribution in [0.4, 0.5) is 49.9 Å². The van der Waals surface area contributed by atoms with E-state index in [1.54, 1.807) is 6.20 Å². The van der Waals surface area contributed by atoms with Crippen LogP contribution in [0.2, 0.25) is 0 Å². The van der Waals surface area contributed by atoms with Crippen LogP contribution in [0.5, 0.6) is 0 Å². The highest BCUT2D eigenvalue weighted by Gasteiger charge is 2.41. The summed E-state index contributed by atoms with van der Waals surface area (Å²) in [5, 5.41) is 21.4. The number of carboxylic acids is 3. The molecule has 0 aromatic carbocycles. The average Bonchev–Trinajstić information content (AvgIpc) is 2.95. The summed E-state index contributed by atoms with van der Waals surface area (Å²) >= 11 is 0. The molecule has 3 N–H and O–H groups in total. The summed E-state index contributed by atoms with van der Waals surface area (Å²) in [4.78, 5) is 43.7. The minimum atomic E-state index is -5.08. The Morgan fingerprint density at radius 3 is 1.65 bits per heavy atom. The van der Waals surface area contributed by atoms with Gasteiger partial charge in [0.25, 0.3) is 0 Å². The fraction of sp³-hybridized carbons (Fsp3) is 0.500. The van der Waals surface area contributed by atoms with Gasteiger partial charge in [-0.2, -0.15) is 39.5 Å². The van der Waals surface area contributed by atoms with E-state index >= 15 is 0 Å². The first kappa shape index (κ1) is 39.7. The van der Waals surface area contributed by atoms with Gasteiger partial charge in [-0.3, -0.25) is 9.88 Å². The van der Waals surface area contributed by atoms with Crippen molar-refractivity contribution in [1.29, 1.82) is 0 Å². The van der Waals surface area contributed by atoms with Crippen molar-refractivity contribution in [2.24, 2.45) is 0 Å². The zero-order valence-electron chi connectivity index (χ0n) is 23.1. The Kier molecular flexibility index (Phi) is 14.5. The molecule has 0 radical (unpaired) electrons. The van der Waals surface area contributed by atoms with Crippen LogP contribution < -0.4 is 4.90 Å².